The minimum absolute atomic E-state index is 0.270. The van der Waals surface area contributed by atoms with Gasteiger partial charge in [0.2, 0.25) is 0 Å². The predicted molar refractivity (Wildman–Crippen MR) is 49.0 cm³/mol. The van der Waals surface area contributed by atoms with E-state index in [9.17, 15) is 5.11 Å². The summed E-state index contributed by atoms with van der Waals surface area (Å²) >= 11 is 0. The Labute approximate surface area is 74.4 Å². The van der Waals surface area contributed by atoms with E-state index >= 15 is 0 Å². The number of nitrogens with one attached hydrogen (secondary N) is 1. The first-order valence-corrected chi connectivity index (χ1v) is 5.14. The summed E-state index contributed by atoms with van der Waals surface area (Å²) < 4.78 is 0. The quantitative estimate of drug-likeness (QED) is 0.653. The molecule has 2 N–H and O–H groups in total. The van der Waals surface area contributed by atoms with Crippen molar-refractivity contribution in [1.29, 1.82) is 0 Å². The van der Waals surface area contributed by atoms with Crippen molar-refractivity contribution in [2.75, 3.05) is 7.05 Å². The lowest BCUT2D eigenvalue weighted by molar-refractivity contribution is -0.0229. The van der Waals surface area contributed by atoms with Crippen LogP contribution in [0.5, 0.6) is 0 Å². The lowest BCUT2D eigenvalue weighted by atomic mass is 9.79. The maximum absolute atomic E-state index is 10.2. The summed E-state index contributed by atoms with van der Waals surface area (Å²) in [4.78, 5) is 0. The fraction of sp³-hybridized carbons (Fsp3) is 1.00. The molecule has 2 aliphatic rings. The third-order valence-electron chi connectivity index (χ3n) is 3.60. The fourth-order valence-electron chi connectivity index (χ4n) is 2.44. The van der Waals surface area contributed by atoms with E-state index in [1.165, 1.54) is 12.8 Å². The minimum atomic E-state index is -0.270. The lowest BCUT2D eigenvalue weighted by Crippen LogP contribution is -2.41. The number of aliphatic hydroxyl groups is 1. The molecule has 0 amide bonds. The SMILES string of the molecule is CNC1CCC(O)(C2CC2)CC1. The zero-order chi connectivity index (χ0) is 8.60. The zero-order valence-corrected chi connectivity index (χ0v) is 7.84. The molecule has 0 saturated heterocycles. The van der Waals surface area contributed by atoms with Gasteiger partial charge in [0.1, 0.15) is 0 Å². The van der Waals surface area contributed by atoms with Crippen LogP contribution < -0.4 is 5.32 Å². The van der Waals surface area contributed by atoms with E-state index in [-0.39, 0.29) is 5.60 Å². The summed E-state index contributed by atoms with van der Waals surface area (Å²) in [5, 5.41) is 13.5. The van der Waals surface area contributed by atoms with Crippen LogP contribution in [0, 0.1) is 5.92 Å². The average molecular weight is 169 g/mol. The van der Waals surface area contributed by atoms with Gasteiger partial charge in [0, 0.05) is 6.04 Å². The molecule has 0 radical (unpaired) electrons. The second-order valence-corrected chi connectivity index (χ2v) is 4.44. The Morgan fingerprint density at radius 1 is 1.17 bits per heavy atom. The van der Waals surface area contributed by atoms with Crippen LogP contribution in [0.4, 0.5) is 0 Å². The van der Waals surface area contributed by atoms with Gasteiger partial charge < -0.3 is 10.4 Å². The normalized spacial score (nSPS) is 43.0. The Bertz CT molecular complexity index is 157. The number of hydrogen-bond donors (Lipinski definition) is 2. The summed E-state index contributed by atoms with van der Waals surface area (Å²) in [7, 11) is 2.02. The molecule has 0 aromatic rings. The van der Waals surface area contributed by atoms with Crippen molar-refractivity contribution < 1.29 is 5.11 Å². The van der Waals surface area contributed by atoms with E-state index in [0.29, 0.717) is 12.0 Å². The number of hydrogen-bond acceptors (Lipinski definition) is 2. The molecule has 0 aliphatic heterocycles. The van der Waals surface area contributed by atoms with Crippen molar-refractivity contribution in [3.8, 4) is 0 Å². The third-order valence-corrected chi connectivity index (χ3v) is 3.60. The highest BCUT2D eigenvalue weighted by molar-refractivity contribution is 4.98. The van der Waals surface area contributed by atoms with Gasteiger partial charge in [-0.15, -0.1) is 0 Å². The zero-order valence-electron chi connectivity index (χ0n) is 7.84. The van der Waals surface area contributed by atoms with Crippen LogP contribution in [0.25, 0.3) is 0 Å². The molecule has 0 atom stereocenters. The topological polar surface area (TPSA) is 32.3 Å². The number of rotatable bonds is 2. The molecule has 0 aromatic carbocycles. The van der Waals surface area contributed by atoms with E-state index in [0.717, 1.165) is 25.7 Å². The summed E-state index contributed by atoms with van der Waals surface area (Å²) in [5.41, 5.74) is -0.270. The molecule has 2 saturated carbocycles. The van der Waals surface area contributed by atoms with Gasteiger partial charge in [0.05, 0.1) is 5.60 Å². The molecule has 2 fully saturated rings. The van der Waals surface area contributed by atoms with Gasteiger partial charge in [-0.2, -0.15) is 0 Å². The smallest absolute Gasteiger partial charge is 0.0677 e. The molecule has 0 unspecified atom stereocenters. The standard InChI is InChI=1S/C10H19NO/c1-11-9-4-6-10(12,7-5-9)8-2-3-8/h8-9,11-12H,2-7H2,1H3. The Balaban J connectivity index is 1.87. The lowest BCUT2D eigenvalue weighted by Gasteiger charge is -2.36. The second kappa shape index (κ2) is 3.00. The molecule has 0 bridgehead atoms. The monoisotopic (exact) mass is 169 g/mol. The van der Waals surface area contributed by atoms with Gasteiger partial charge in [-0.25, -0.2) is 0 Å². The first kappa shape index (κ1) is 8.52. The summed E-state index contributed by atoms with van der Waals surface area (Å²) in [5.74, 6) is 0.648. The molecule has 0 heterocycles. The molecule has 2 nitrogen and oxygen atoms in total. The van der Waals surface area contributed by atoms with Gasteiger partial charge in [-0.3, -0.25) is 0 Å². The first-order valence-electron chi connectivity index (χ1n) is 5.14. The highest BCUT2D eigenvalue weighted by atomic mass is 16.3. The van der Waals surface area contributed by atoms with Crippen molar-refractivity contribution in [1.82, 2.24) is 5.32 Å². The van der Waals surface area contributed by atoms with E-state index in [1.807, 2.05) is 7.05 Å². The molecule has 12 heavy (non-hydrogen) atoms. The highest BCUT2D eigenvalue weighted by Gasteiger charge is 2.45. The summed E-state index contributed by atoms with van der Waals surface area (Å²) in [6.07, 6.45) is 6.88. The van der Waals surface area contributed by atoms with Crippen molar-refractivity contribution in [2.45, 2.75) is 50.2 Å². The van der Waals surface area contributed by atoms with Gasteiger partial charge >= 0.3 is 0 Å². The van der Waals surface area contributed by atoms with Crippen LogP contribution in [0.15, 0.2) is 0 Å². The highest BCUT2D eigenvalue weighted by Crippen LogP contribution is 2.46. The van der Waals surface area contributed by atoms with Crippen LogP contribution in [0.2, 0.25) is 0 Å². The Kier molecular flexibility index (Phi) is 2.13. The maximum Gasteiger partial charge on any atom is 0.0677 e. The Morgan fingerprint density at radius 3 is 2.17 bits per heavy atom. The molecular formula is C10H19NO. The second-order valence-electron chi connectivity index (χ2n) is 4.44. The van der Waals surface area contributed by atoms with Gasteiger partial charge in [0.15, 0.2) is 0 Å². The first-order chi connectivity index (χ1) is 5.74. The fourth-order valence-corrected chi connectivity index (χ4v) is 2.44. The molecule has 2 heteroatoms. The van der Waals surface area contributed by atoms with Crippen molar-refractivity contribution in [2.24, 2.45) is 5.92 Å². The van der Waals surface area contributed by atoms with Crippen LogP contribution in [0.3, 0.4) is 0 Å². The predicted octanol–water partition coefficient (Wildman–Crippen LogP) is 1.29. The van der Waals surface area contributed by atoms with E-state index in [1.54, 1.807) is 0 Å². The van der Waals surface area contributed by atoms with Gasteiger partial charge in [-0.05, 0) is 51.5 Å². The summed E-state index contributed by atoms with van der Waals surface area (Å²) in [6.45, 7) is 0. The third kappa shape index (κ3) is 1.50. The van der Waals surface area contributed by atoms with E-state index in [4.69, 9.17) is 0 Å². The minimum Gasteiger partial charge on any atom is -0.390 e. The van der Waals surface area contributed by atoms with Crippen LogP contribution in [-0.4, -0.2) is 23.8 Å². The molecule has 0 spiro atoms. The molecule has 2 aliphatic carbocycles. The average Bonchev–Trinajstić information content (AvgIpc) is 2.88. The van der Waals surface area contributed by atoms with E-state index < -0.39 is 0 Å². The van der Waals surface area contributed by atoms with Crippen LogP contribution in [-0.2, 0) is 0 Å². The van der Waals surface area contributed by atoms with Crippen LogP contribution in [0.1, 0.15) is 38.5 Å². The molecular weight excluding hydrogens is 150 g/mol. The van der Waals surface area contributed by atoms with Crippen molar-refractivity contribution >= 4 is 0 Å². The van der Waals surface area contributed by atoms with E-state index in [2.05, 4.69) is 5.32 Å². The van der Waals surface area contributed by atoms with Gasteiger partial charge in [-0.1, -0.05) is 0 Å². The molecule has 2 rings (SSSR count). The van der Waals surface area contributed by atoms with Crippen LogP contribution >= 0.6 is 0 Å². The Morgan fingerprint density at radius 2 is 1.75 bits per heavy atom. The maximum atomic E-state index is 10.2. The Hall–Kier alpha value is -0.0800. The molecule has 70 valence electrons. The summed E-state index contributed by atoms with van der Waals surface area (Å²) in [6, 6.07) is 0.657. The largest absolute Gasteiger partial charge is 0.390 e. The molecule has 0 aromatic heterocycles. The van der Waals surface area contributed by atoms with Crippen molar-refractivity contribution in [3.63, 3.8) is 0 Å². The van der Waals surface area contributed by atoms with Crippen molar-refractivity contribution in [3.05, 3.63) is 0 Å². The van der Waals surface area contributed by atoms with Gasteiger partial charge in [0.25, 0.3) is 0 Å².